The smallest absolute Gasteiger partial charge is 0.224 e. The molecule has 5 nitrogen and oxygen atoms in total. The zero-order valence-electron chi connectivity index (χ0n) is 11.1. The Morgan fingerprint density at radius 1 is 1.26 bits per heavy atom. The first-order valence-corrected chi connectivity index (χ1v) is 6.81. The molecule has 0 bridgehead atoms. The number of allylic oxidation sites excluding steroid dienone is 2. The van der Waals surface area contributed by atoms with Gasteiger partial charge in [0.15, 0.2) is 11.6 Å². The summed E-state index contributed by atoms with van der Waals surface area (Å²) in [6, 6.07) is 0.225. The Labute approximate surface area is 112 Å². The molecule has 0 saturated heterocycles. The van der Waals surface area contributed by atoms with E-state index in [9.17, 15) is 19.5 Å². The fraction of sp³-hybridized carbons (Fsp3) is 0.643. The van der Waals surface area contributed by atoms with Crippen molar-refractivity contribution in [2.45, 2.75) is 51.5 Å². The molecule has 0 aromatic heterocycles. The van der Waals surface area contributed by atoms with Crippen LogP contribution in [0.1, 0.15) is 45.4 Å². The fourth-order valence-electron chi connectivity index (χ4n) is 2.30. The van der Waals surface area contributed by atoms with Gasteiger partial charge < -0.3 is 10.4 Å². The molecule has 0 heterocycles. The minimum Gasteiger partial charge on any atom is -0.511 e. The van der Waals surface area contributed by atoms with Crippen LogP contribution in [0.25, 0.3) is 0 Å². The highest BCUT2D eigenvalue weighted by Gasteiger charge is 2.37. The van der Waals surface area contributed by atoms with E-state index < -0.39 is 17.5 Å². The normalized spacial score (nSPS) is 23.4. The predicted octanol–water partition coefficient (Wildman–Crippen LogP) is 1.43. The summed E-state index contributed by atoms with van der Waals surface area (Å²) in [5.41, 5.74) is -0.0858. The summed E-state index contributed by atoms with van der Waals surface area (Å²) in [6.45, 7) is 1.86. The van der Waals surface area contributed by atoms with Crippen LogP contribution in [0.3, 0.4) is 0 Å². The van der Waals surface area contributed by atoms with Crippen molar-refractivity contribution in [2.75, 3.05) is 0 Å². The molecule has 5 heteroatoms. The van der Waals surface area contributed by atoms with Crippen LogP contribution in [-0.2, 0) is 14.4 Å². The molecule has 0 radical (unpaired) electrons. The molecule has 0 unspecified atom stereocenters. The van der Waals surface area contributed by atoms with Gasteiger partial charge in [0.05, 0.1) is 11.5 Å². The second-order valence-corrected chi connectivity index (χ2v) is 5.31. The molecule has 19 heavy (non-hydrogen) atoms. The molecular weight excluding hydrogens is 246 g/mol. The standard InChI is InChI=1S/C14H19NO4/c1-2-3-10(16)13-11(17)6-8(7-12(13)18)14(19)15-9-4-5-9/h8-9,16H,2-7H2,1H3,(H,15,19). The predicted molar refractivity (Wildman–Crippen MR) is 68.5 cm³/mol. The van der Waals surface area contributed by atoms with Crippen molar-refractivity contribution in [3.63, 3.8) is 0 Å². The molecule has 0 atom stereocenters. The monoisotopic (exact) mass is 265 g/mol. The van der Waals surface area contributed by atoms with Gasteiger partial charge in [-0.25, -0.2) is 0 Å². The molecule has 0 aromatic carbocycles. The van der Waals surface area contributed by atoms with Crippen LogP contribution in [0.15, 0.2) is 11.3 Å². The van der Waals surface area contributed by atoms with Gasteiger partial charge in [0, 0.05) is 25.3 Å². The Morgan fingerprint density at radius 2 is 1.84 bits per heavy atom. The zero-order chi connectivity index (χ0) is 14.0. The summed E-state index contributed by atoms with van der Waals surface area (Å²) in [6.07, 6.45) is 2.99. The first-order chi connectivity index (χ1) is 9.02. The maximum atomic E-state index is 11.9. The van der Waals surface area contributed by atoms with E-state index in [4.69, 9.17) is 0 Å². The van der Waals surface area contributed by atoms with Gasteiger partial charge in [-0.05, 0) is 19.3 Å². The van der Waals surface area contributed by atoms with E-state index in [2.05, 4.69) is 5.32 Å². The third-order valence-corrected chi connectivity index (χ3v) is 3.49. The molecule has 2 aliphatic carbocycles. The van der Waals surface area contributed by atoms with Crippen molar-refractivity contribution in [1.82, 2.24) is 5.32 Å². The fourth-order valence-corrected chi connectivity index (χ4v) is 2.30. The van der Waals surface area contributed by atoms with Gasteiger partial charge in [-0.2, -0.15) is 0 Å². The van der Waals surface area contributed by atoms with Crippen molar-refractivity contribution >= 4 is 17.5 Å². The van der Waals surface area contributed by atoms with E-state index in [1.807, 2.05) is 6.92 Å². The minimum absolute atomic E-state index is 0.0212. The number of rotatable bonds is 4. The Balaban J connectivity index is 2.05. The minimum atomic E-state index is -0.571. The van der Waals surface area contributed by atoms with Gasteiger partial charge in [0.25, 0.3) is 0 Å². The van der Waals surface area contributed by atoms with E-state index >= 15 is 0 Å². The van der Waals surface area contributed by atoms with E-state index in [0.717, 1.165) is 12.8 Å². The Kier molecular flexibility index (Phi) is 4.02. The lowest BCUT2D eigenvalue weighted by Crippen LogP contribution is -2.38. The van der Waals surface area contributed by atoms with Crippen LogP contribution < -0.4 is 5.32 Å². The lowest BCUT2D eigenvalue weighted by molar-refractivity contribution is -0.134. The van der Waals surface area contributed by atoms with Gasteiger partial charge in [0.2, 0.25) is 5.91 Å². The number of nitrogens with one attached hydrogen (secondary N) is 1. The largest absolute Gasteiger partial charge is 0.511 e. The van der Waals surface area contributed by atoms with E-state index in [0.29, 0.717) is 12.8 Å². The number of carbonyl (C=O) groups is 3. The highest BCUT2D eigenvalue weighted by atomic mass is 16.3. The summed E-state index contributed by atoms with van der Waals surface area (Å²) in [5.74, 6) is -1.72. The van der Waals surface area contributed by atoms with Crippen molar-refractivity contribution in [3.05, 3.63) is 11.3 Å². The quantitative estimate of drug-likeness (QED) is 0.457. The van der Waals surface area contributed by atoms with Crippen LogP contribution in [0.5, 0.6) is 0 Å². The number of aliphatic hydroxyl groups excluding tert-OH is 1. The van der Waals surface area contributed by atoms with Crippen LogP contribution >= 0.6 is 0 Å². The Morgan fingerprint density at radius 3 is 2.32 bits per heavy atom. The summed E-state index contributed by atoms with van der Waals surface area (Å²) >= 11 is 0. The Hall–Kier alpha value is -1.65. The van der Waals surface area contributed by atoms with E-state index in [-0.39, 0.29) is 36.1 Å². The van der Waals surface area contributed by atoms with Gasteiger partial charge >= 0.3 is 0 Å². The van der Waals surface area contributed by atoms with Gasteiger partial charge in [0.1, 0.15) is 5.76 Å². The average molecular weight is 265 g/mol. The van der Waals surface area contributed by atoms with Crippen molar-refractivity contribution < 1.29 is 19.5 Å². The molecule has 2 N–H and O–H groups in total. The van der Waals surface area contributed by atoms with Gasteiger partial charge in [-0.3, -0.25) is 14.4 Å². The molecular formula is C14H19NO4. The second kappa shape index (κ2) is 5.55. The lowest BCUT2D eigenvalue weighted by atomic mass is 9.82. The first-order valence-electron chi connectivity index (χ1n) is 6.81. The second-order valence-electron chi connectivity index (χ2n) is 5.31. The molecule has 0 aliphatic heterocycles. The van der Waals surface area contributed by atoms with Crippen molar-refractivity contribution in [3.8, 4) is 0 Å². The summed E-state index contributed by atoms with van der Waals surface area (Å²) < 4.78 is 0. The molecule has 2 rings (SSSR count). The topological polar surface area (TPSA) is 83.5 Å². The molecule has 1 amide bonds. The highest BCUT2D eigenvalue weighted by Crippen LogP contribution is 2.27. The highest BCUT2D eigenvalue weighted by molar-refractivity contribution is 6.23. The summed E-state index contributed by atoms with van der Waals surface area (Å²) in [4.78, 5) is 35.7. The van der Waals surface area contributed by atoms with Gasteiger partial charge in [-0.1, -0.05) is 6.92 Å². The van der Waals surface area contributed by atoms with Crippen LogP contribution in [0, 0.1) is 5.92 Å². The molecule has 104 valence electrons. The maximum Gasteiger partial charge on any atom is 0.224 e. The zero-order valence-corrected chi connectivity index (χ0v) is 11.1. The first kappa shape index (κ1) is 13.8. The Bertz CT molecular complexity index is 428. The number of ketones is 2. The number of hydrogen-bond donors (Lipinski definition) is 2. The molecule has 0 spiro atoms. The molecule has 2 fully saturated rings. The number of hydrogen-bond acceptors (Lipinski definition) is 4. The lowest BCUT2D eigenvalue weighted by Gasteiger charge is -2.22. The van der Waals surface area contributed by atoms with Crippen LogP contribution in [0.4, 0.5) is 0 Å². The maximum absolute atomic E-state index is 11.9. The number of Topliss-reactive ketones (excluding diaryl/α,β-unsaturated/α-hetero) is 2. The van der Waals surface area contributed by atoms with Crippen LogP contribution in [-0.4, -0.2) is 28.6 Å². The summed E-state index contributed by atoms with van der Waals surface area (Å²) in [7, 11) is 0. The third kappa shape index (κ3) is 3.22. The third-order valence-electron chi connectivity index (χ3n) is 3.49. The van der Waals surface area contributed by atoms with Crippen molar-refractivity contribution in [1.29, 1.82) is 0 Å². The van der Waals surface area contributed by atoms with Gasteiger partial charge in [-0.15, -0.1) is 0 Å². The average Bonchev–Trinajstić information content (AvgIpc) is 3.12. The van der Waals surface area contributed by atoms with E-state index in [1.54, 1.807) is 0 Å². The molecule has 2 aliphatic rings. The molecule has 0 aromatic rings. The number of aliphatic hydroxyl groups is 1. The molecule has 2 saturated carbocycles. The number of carbonyl (C=O) groups excluding carboxylic acids is 3. The SMILES string of the molecule is CCCC(O)=C1C(=O)CC(C(=O)NC2CC2)CC1=O. The summed E-state index contributed by atoms with van der Waals surface area (Å²) in [5, 5.41) is 12.5. The van der Waals surface area contributed by atoms with Crippen molar-refractivity contribution in [2.24, 2.45) is 5.92 Å². The van der Waals surface area contributed by atoms with Crippen LogP contribution in [0.2, 0.25) is 0 Å². The van der Waals surface area contributed by atoms with E-state index in [1.165, 1.54) is 0 Å². The number of amides is 1.